The number of aliphatic carboxylic acids is 1. The molecule has 1 heterocycles. The van der Waals surface area contributed by atoms with Gasteiger partial charge in [-0.05, 0) is 26.1 Å². The summed E-state index contributed by atoms with van der Waals surface area (Å²) in [7, 11) is 1.95. The van der Waals surface area contributed by atoms with Gasteiger partial charge in [0.15, 0.2) is 0 Å². The normalized spacial score (nSPS) is 14.6. The Hall–Kier alpha value is -1.42. The van der Waals surface area contributed by atoms with E-state index in [2.05, 4.69) is 9.88 Å². The molecule has 1 rings (SSSR count). The van der Waals surface area contributed by atoms with Crippen molar-refractivity contribution in [3.8, 4) is 0 Å². The van der Waals surface area contributed by atoms with Crippen LogP contribution in [-0.2, 0) is 11.2 Å². The molecule has 0 saturated carbocycles. The van der Waals surface area contributed by atoms with Crippen LogP contribution in [0.2, 0.25) is 0 Å². The van der Waals surface area contributed by atoms with Crippen LogP contribution in [0.3, 0.4) is 0 Å². The van der Waals surface area contributed by atoms with Gasteiger partial charge in [0.2, 0.25) is 0 Å². The monoisotopic (exact) mass is 236 g/mol. The highest BCUT2D eigenvalue weighted by Gasteiger charge is 2.22. The molecule has 0 saturated heterocycles. The van der Waals surface area contributed by atoms with Crippen LogP contribution in [0.15, 0.2) is 24.4 Å². The molecule has 0 fully saturated rings. The van der Waals surface area contributed by atoms with Gasteiger partial charge >= 0.3 is 5.97 Å². The Balaban J connectivity index is 2.44. The van der Waals surface area contributed by atoms with E-state index in [1.807, 2.05) is 32.2 Å². The number of nitrogens with zero attached hydrogens (tertiary/aromatic N) is 2. The zero-order valence-corrected chi connectivity index (χ0v) is 10.6. The van der Waals surface area contributed by atoms with Gasteiger partial charge in [0.1, 0.15) is 0 Å². The number of carboxylic acid groups (broad SMARTS) is 1. The Kier molecular flexibility index (Phi) is 5.10. The van der Waals surface area contributed by atoms with Gasteiger partial charge in [-0.1, -0.05) is 13.0 Å². The van der Waals surface area contributed by atoms with E-state index in [9.17, 15) is 4.79 Å². The molecule has 2 unspecified atom stereocenters. The summed E-state index contributed by atoms with van der Waals surface area (Å²) >= 11 is 0. The smallest absolute Gasteiger partial charge is 0.307 e. The second-order valence-corrected chi connectivity index (χ2v) is 4.42. The molecule has 1 aromatic rings. The second-order valence-electron chi connectivity index (χ2n) is 4.42. The Morgan fingerprint density at radius 3 is 2.71 bits per heavy atom. The van der Waals surface area contributed by atoms with Crippen LogP contribution in [-0.4, -0.2) is 40.6 Å². The molecule has 0 aliphatic carbocycles. The fraction of sp³-hybridized carbons (Fsp3) is 0.538. The van der Waals surface area contributed by atoms with Crippen LogP contribution >= 0.6 is 0 Å². The first-order valence-corrected chi connectivity index (χ1v) is 5.85. The Morgan fingerprint density at radius 1 is 1.47 bits per heavy atom. The summed E-state index contributed by atoms with van der Waals surface area (Å²) in [4.78, 5) is 17.2. The topological polar surface area (TPSA) is 53.4 Å². The highest BCUT2D eigenvalue weighted by molar-refractivity contribution is 5.70. The molecule has 0 aromatic carbocycles. The number of hydrogen-bond donors (Lipinski definition) is 1. The summed E-state index contributed by atoms with van der Waals surface area (Å²) in [6.07, 6.45) is 2.62. The van der Waals surface area contributed by atoms with Crippen molar-refractivity contribution < 1.29 is 9.90 Å². The lowest BCUT2D eigenvalue weighted by atomic mass is 10.0. The minimum atomic E-state index is -0.748. The Morgan fingerprint density at radius 2 is 2.18 bits per heavy atom. The number of carbonyl (C=O) groups is 1. The van der Waals surface area contributed by atoms with Gasteiger partial charge in [-0.2, -0.15) is 0 Å². The van der Waals surface area contributed by atoms with Gasteiger partial charge in [-0.15, -0.1) is 0 Å². The predicted octanol–water partition coefficient (Wildman–Crippen LogP) is 1.67. The molecule has 0 radical (unpaired) electrons. The summed E-state index contributed by atoms with van der Waals surface area (Å²) in [6.45, 7) is 4.50. The van der Waals surface area contributed by atoms with Crippen LogP contribution in [0.1, 0.15) is 19.5 Å². The van der Waals surface area contributed by atoms with Crippen molar-refractivity contribution in [1.29, 1.82) is 0 Å². The molecule has 0 bridgehead atoms. The number of hydrogen-bond acceptors (Lipinski definition) is 3. The van der Waals surface area contributed by atoms with Gasteiger partial charge in [0.05, 0.1) is 5.92 Å². The van der Waals surface area contributed by atoms with Gasteiger partial charge in [-0.25, -0.2) is 0 Å². The summed E-state index contributed by atoms with van der Waals surface area (Å²) in [5.74, 6) is -1.11. The maximum Gasteiger partial charge on any atom is 0.307 e. The highest BCUT2D eigenvalue weighted by atomic mass is 16.4. The number of rotatable bonds is 6. The molecule has 0 aliphatic rings. The molecule has 2 atom stereocenters. The van der Waals surface area contributed by atoms with E-state index >= 15 is 0 Å². The molecule has 1 aromatic heterocycles. The Labute approximate surface area is 102 Å². The molecule has 17 heavy (non-hydrogen) atoms. The standard InChI is InChI=1S/C13H20N2O2/c1-10(13(16)17)11(2)15(3)9-7-12-6-4-5-8-14-12/h4-6,8,10-11H,7,9H2,1-3H3,(H,16,17). The third-order valence-corrected chi connectivity index (χ3v) is 3.26. The lowest BCUT2D eigenvalue weighted by Crippen LogP contribution is -2.39. The summed E-state index contributed by atoms with van der Waals surface area (Å²) in [5.41, 5.74) is 1.04. The number of carboxylic acids is 1. The van der Waals surface area contributed by atoms with Crippen molar-refractivity contribution in [2.45, 2.75) is 26.3 Å². The first-order valence-electron chi connectivity index (χ1n) is 5.85. The average Bonchev–Trinajstić information content (AvgIpc) is 2.35. The molecule has 0 aliphatic heterocycles. The molecule has 4 heteroatoms. The number of likely N-dealkylation sites (N-methyl/N-ethyl adjacent to an activating group) is 1. The number of aromatic nitrogens is 1. The average molecular weight is 236 g/mol. The maximum absolute atomic E-state index is 10.9. The first kappa shape index (κ1) is 13.6. The fourth-order valence-electron chi connectivity index (χ4n) is 1.63. The second kappa shape index (κ2) is 6.35. The highest BCUT2D eigenvalue weighted by Crippen LogP contribution is 2.10. The minimum Gasteiger partial charge on any atom is -0.481 e. The predicted molar refractivity (Wildman–Crippen MR) is 66.8 cm³/mol. The minimum absolute atomic E-state index is 0.0243. The molecule has 1 N–H and O–H groups in total. The van der Waals surface area contributed by atoms with E-state index in [0.717, 1.165) is 18.7 Å². The van der Waals surface area contributed by atoms with E-state index < -0.39 is 5.97 Å². The van der Waals surface area contributed by atoms with Crippen LogP contribution in [0.5, 0.6) is 0 Å². The zero-order chi connectivity index (χ0) is 12.8. The molecule has 0 amide bonds. The van der Waals surface area contributed by atoms with Crippen LogP contribution in [0.4, 0.5) is 0 Å². The third-order valence-electron chi connectivity index (χ3n) is 3.26. The van der Waals surface area contributed by atoms with Gasteiger partial charge in [0.25, 0.3) is 0 Å². The molecular weight excluding hydrogens is 216 g/mol. The molecule has 4 nitrogen and oxygen atoms in total. The zero-order valence-electron chi connectivity index (χ0n) is 10.6. The van der Waals surface area contributed by atoms with E-state index in [0.29, 0.717) is 0 Å². The lowest BCUT2D eigenvalue weighted by Gasteiger charge is -2.27. The molecular formula is C13H20N2O2. The van der Waals surface area contributed by atoms with Crippen molar-refractivity contribution in [2.75, 3.05) is 13.6 Å². The van der Waals surface area contributed by atoms with Gasteiger partial charge in [-0.3, -0.25) is 9.78 Å². The van der Waals surface area contributed by atoms with E-state index in [1.54, 1.807) is 13.1 Å². The molecule has 0 spiro atoms. The van der Waals surface area contributed by atoms with Crippen molar-refractivity contribution in [3.05, 3.63) is 30.1 Å². The van der Waals surface area contributed by atoms with Gasteiger partial charge < -0.3 is 10.0 Å². The summed E-state index contributed by atoms with van der Waals surface area (Å²) < 4.78 is 0. The summed E-state index contributed by atoms with van der Waals surface area (Å²) in [6, 6.07) is 5.86. The van der Waals surface area contributed by atoms with E-state index in [1.165, 1.54) is 0 Å². The van der Waals surface area contributed by atoms with Crippen LogP contribution < -0.4 is 0 Å². The summed E-state index contributed by atoms with van der Waals surface area (Å²) in [5, 5.41) is 8.95. The van der Waals surface area contributed by atoms with Crippen LogP contribution in [0.25, 0.3) is 0 Å². The SMILES string of the molecule is CC(C(=O)O)C(C)N(C)CCc1ccccn1. The van der Waals surface area contributed by atoms with Gasteiger partial charge in [0, 0.05) is 30.9 Å². The van der Waals surface area contributed by atoms with Crippen molar-refractivity contribution in [2.24, 2.45) is 5.92 Å². The van der Waals surface area contributed by atoms with Crippen molar-refractivity contribution in [1.82, 2.24) is 9.88 Å². The lowest BCUT2D eigenvalue weighted by molar-refractivity contribution is -0.143. The van der Waals surface area contributed by atoms with Crippen LogP contribution in [0, 0.1) is 5.92 Å². The fourth-order valence-corrected chi connectivity index (χ4v) is 1.63. The molecule has 94 valence electrons. The Bertz CT molecular complexity index is 354. The largest absolute Gasteiger partial charge is 0.481 e. The third kappa shape index (κ3) is 4.15. The quantitative estimate of drug-likeness (QED) is 0.816. The number of pyridine rings is 1. The van der Waals surface area contributed by atoms with E-state index in [-0.39, 0.29) is 12.0 Å². The first-order chi connectivity index (χ1) is 8.02. The van der Waals surface area contributed by atoms with Crippen molar-refractivity contribution >= 4 is 5.97 Å². The van der Waals surface area contributed by atoms with Crippen molar-refractivity contribution in [3.63, 3.8) is 0 Å². The maximum atomic E-state index is 10.9. The van der Waals surface area contributed by atoms with E-state index in [4.69, 9.17) is 5.11 Å².